The average molecular weight is 344 g/mol. The maximum atomic E-state index is 11.7. The van der Waals surface area contributed by atoms with E-state index in [1.165, 1.54) is 0 Å². The molecule has 0 aliphatic carbocycles. The number of hydrogen-bond acceptors (Lipinski definition) is 5. The summed E-state index contributed by atoms with van der Waals surface area (Å²) in [7, 11) is 0. The van der Waals surface area contributed by atoms with Crippen LogP contribution >= 0.6 is 0 Å². The van der Waals surface area contributed by atoms with Crippen LogP contribution in [0.2, 0.25) is 0 Å². The van der Waals surface area contributed by atoms with Gasteiger partial charge in [-0.1, -0.05) is 20.8 Å². The number of nitrogens with zero attached hydrogens (tertiary/aromatic N) is 1. The number of amides is 1. The van der Waals surface area contributed by atoms with Crippen LogP contribution in [0.5, 0.6) is 0 Å². The lowest BCUT2D eigenvalue weighted by Gasteiger charge is -2.44. The van der Waals surface area contributed by atoms with Crippen molar-refractivity contribution < 1.29 is 19.7 Å². The Labute approximate surface area is 146 Å². The first kappa shape index (κ1) is 21.2. The van der Waals surface area contributed by atoms with Crippen molar-refractivity contribution in [2.75, 3.05) is 26.2 Å². The third-order valence-corrected chi connectivity index (χ3v) is 4.36. The van der Waals surface area contributed by atoms with Gasteiger partial charge in [-0.25, -0.2) is 4.79 Å². The lowest BCUT2D eigenvalue weighted by Crippen LogP contribution is -2.54. The molecule has 1 heterocycles. The van der Waals surface area contributed by atoms with Crippen LogP contribution in [0.3, 0.4) is 0 Å². The van der Waals surface area contributed by atoms with Crippen LogP contribution in [0.1, 0.15) is 54.9 Å². The van der Waals surface area contributed by atoms with Crippen molar-refractivity contribution in [2.24, 2.45) is 11.3 Å². The molecule has 0 aromatic rings. The minimum Gasteiger partial charge on any atom is -0.444 e. The van der Waals surface area contributed by atoms with Crippen molar-refractivity contribution >= 4 is 6.09 Å². The number of carbonyl (C=O) groups is 1. The maximum absolute atomic E-state index is 11.7. The van der Waals surface area contributed by atoms with Crippen molar-refractivity contribution in [3.63, 3.8) is 0 Å². The molecule has 1 amide bonds. The second-order valence-corrected chi connectivity index (χ2v) is 9.42. The van der Waals surface area contributed by atoms with Gasteiger partial charge in [-0.3, -0.25) is 4.90 Å². The predicted octanol–water partition coefficient (Wildman–Crippen LogP) is 1.99. The minimum atomic E-state index is -1.08. The number of alkyl carbamates (subject to hydrolysis) is 1. The Hall–Kier alpha value is -0.850. The summed E-state index contributed by atoms with van der Waals surface area (Å²) in [6.45, 7) is 15.4. The fourth-order valence-electron chi connectivity index (χ4n) is 3.27. The van der Waals surface area contributed by atoms with Crippen LogP contribution in [-0.2, 0) is 4.74 Å². The second kappa shape index (κ2) is 7.58. The van der Waals surface area contributed by atoms with E-state index in [1.807, 2.05) is 0 Å². The Morgan fingerprint density at radius 2 is 1.79 bits per heavy atom. The van der Waals surface area contributed by atoms with E-state index < -0.39 is 23.4 Å². The summed E-state index contributed by atoms with van der Waals surface area (Å²) in [5, 5.41) is 23.5. The quantitative estimate of drug-likeness (QED) is 0.726. The van der Waals surface area contributed by atoms with Crippen LogP contribution in [0, 0.1) is 11.3 Å². The molecule has 0 spiro atoms. The number of ether oxygens (including phenoxy) is 1. The predicted molar refractivity (Wildman–Crippen MR) is 94.9 cm³/mol. The molecule has 1 aliphatic heterocycles. The zero-order valence-electron chi connectivity index (χ0n) is 16.3. The van der Waals surface area contributed by atoms with Gasteiger partial charge in [0, 0.05) is 13.1 Å². The number of aliphatic hydroxyl groups excluding tert-OH is 1. The number of β-amino-alcohol motifs (C(OH)–C–C–N with tert-alkyl or cyclic N) is 2. The molecule has 1 rings (SSSR count). The zero-order chi connectivity index (χ0) is 18.8. The lowest BCUT2D eigenvalue weighted by atomic mass is 9.73. The van der Waals surface area contributed by atoms with E-state index in [1.54, 1.807) is 27.7 Å². The van der Waals surface area contributed by atoms with Crippen LogP contribution in [0.15, 0.2) is 0 Å². The van der Waals surface area contributed by atoms with Gasteiger partial charge in [-0.15, -0.1) is 0 Å². The van der Waals surface area contributed by atoms with Crippen molar-refractivity contribution in [2.45, 2.75) is 72.2 Å². The molecule has 3 atom stereocenters. The second-order valence-electron chi connectivity index (χ2n) is 9.42. The van der Waals surface area contributed by atoms with Gasteiger partial charge in [0.15, 0.2) is 0 Å². The largest absolute Gasteiger partial charge is 0.444 e. The van der Waals surface area contributed by atoms with E-state index in [2.05, 4.69) is 31.0 Å². The van der Waals surface area contributed by atoms with E-state index in [4.69, 9.17) is 4.74 Å². The molecule has 1 saturated heterocycles. The third kappa shape index (κ3) is 7.36. The highest BCUT2D eigenvalue weighted by Gasteiger charge is 2.37. The van der Waals surface area contributed by atoms with Crippen LogP contribution < -0.4 is 5.32 Å². The fraction of sp³-hybridized carbons (Fsp3) is 0.944. The Kier molecular flexibility index (Phi) is 6.70. The molecule has 1 aliphatic rings. The maximum Gasteiger partial charge on any atom is 0.407 e. The average Bonchev–Trinajstić information content (AvgIpc) is 2.32. The molecule has 6 nitrogen and oxygen atoms in total. The first-order valence-electron chi connectivity index (χ1n) is 8.79. The summed E-state index contributed by atoms with van der Waals surface area (Å²) in [5.41, 5.74) is -1.56. The summed E-state index contributed by atoms with van der Waals surface area (Å²) in [4.78, 5) is 13.8. The highest BCUT2D eigenvalue weighted by Crippen LogP contribution is 2.34. The summed E-state index contributed by atoms with van der Waals surface area (Å²) in [5.74, 6) is 0.263. The fourth-order valence-corrected chi connectivity index (χ4v) is 3.27. The monoisotopic (exact) mass is 344 g/mol. The highest BCUT2D eigenvalue weighted by molar-refractivity contribution is 5.67. The van der Waals surface area contributed by atoms with E-state index in [0.717, 1.165) is 13.0 Å². The van der Waals surface area contributed by atoms with Gasteiger partial charge in [0.1, 0.15) is 5.60 Å². The smallest absolute Gasteiger partial charge is 0.407 e. The zero-order valence-corrected chi connectivity index (χ0v) is 16.3. The Balaban J connectivity index is 2.46. The number of piperidine rings is 1. The summed E-state index contributed by atoms with van der Waals surface area (Å²) < 4.78 is 5.18. The van der Waals surface area contributed by atoms with E-state index in [-0.39, 0.29) is 17.9 Å². The number of hydrogen-bond donors (Lipinski definition) is 3. The third-order valence-electron chi connectivity index (χ3n) is 4.36. The molecule has 0 radical (unpaired) electrons. The summed E-state index contributed by atoms with van der Waals surface area (Å²) >= 11 is 0. The lowest BCUT2D eigenvalue weighted by molar-refractivity contribution is -0.0527. The van der Waals surface area contributed by atoms with Gasteiger partial charge in [0.25, 0.3) is 0 Å². The molecule has 0 unspecified atom stereocenters. The van der Waals surface area contributed by atoms with Gasteiger partial charge in [0.2, 0.25) is 0 Å². The van der Waals surface area contributed by atoms with E-state index >= 15 is 0 Å². The molecule has 6 heteroatoms. The van der Waals surface area contributed by atoms with Gasteiger partial charge in [0.05, 0.1) is 18.2 Å². The first-order valence-corrected chi connectivity index (χ1v) is 8.79. The number of aliphatic hydroxyl groups is 2. The molecular weight excluding hydrogens is 308 g/mol. The van der Waals surface area contributed by atoms with Crippen molar-refractivity contribution in [3.05, 3.63) is 0 Å². The van der Waals surface area contributed by atoms with Crippen LogP contribution in [0.4, 0.5) is 4.79 Å². The molecule has 0 bridgehead atoms. The van der Waals surface area contributed by atoms with Crippen molar-refractivity contribution in [1.29, 1.82) is 0 Å². The first-order chi connectivity index (χ1) is 10.7. The van der Waals surface area contributed by atoms with E-state index in [9.17, 15) is 15.0 Å². The number of rotatable bonds is 4. The Morgan fingerprint density at radius 3 is 2.25 bits per heavy atom. The minimum absolute atomic E-state index is 0.0757. The van der Waals surface area contributed by atoms with Gasteiger partial charge >= 0.3 is 6.09 Å². The van der Waals surface area contributed by atoms with E-state index in [0.29, 0.717) is 13.1 Å². The molecular formula is C18H36N2O4. The van der Waals surface area contributed by atoms with Crippen LogP contribution in [0.25, 0.3) is 0 Å². The van der Waals surface area contributed by atoms with Crippen molar-refractivity contribution in [3.8, 4) is 0 Å². The van der Waals surface area contributed by atoms with Gasteiger partial charge in [-0.2, -0.15) is 0 Å². The summed E-state index contributed by atoms with van der Waals surface area (Å²) in [6, 6.07) is 0. The molecule has 24 heavy (non-hydrogen) atoms. The topological polar surface area (TPSA) is 82.0 Å². The van der Waals surface area contributed by atoms with Gasteiger partial charge < -0.3 is 20.3 Å². The molecule has 3 N–H and O–H groups in total. The SMILES string of the molecule is CC(C)(C)OC(=O)NC[C@](C)(O)CN1CC[C@@H](C(C)(C)C)[C@H](O)C1. The molecule has 0 aromatic carbocycles. The highest BCUT2D eigenvalue weighted by atomic mass is 16.6. The number of carbonyl (C=O) groups excluding carboxylic acids is 1. The number of likely N-dealkylation sites (tertiary alicyclic amines) is 1. The normalized spacial score (nSPS) is 25.9. The van der Waals surface area contributed by atoms with Crippen molar-refractivity contribution in [1.82, 2.24) is 10.2 Å². The molecule has 0 saturated carbocycles. The van der Waals surface area contributed by atoms with Gasteiger partial charge in [-0.05, 0) is 52.0 Å². The Morgan fingerprint density at radius 1 is 1.21 bits per heavy atom. The summed E-state index contributed by atoms with van der Waals surface area (Å²) in [6.07, 6.45) is -0.0251. The Bertz CT molecular complexity index is 424. The molecule has 142 valence electrons. The standard InChI is InChI=1S/C18H36N2O4/c1-16(2,3)13-8-9-20(10-14(13)21)12-18(7,23)11-19-15(22)24-17(4,5)6/h13-14,21,23H,8-12H2,1-7H3,(H,19,22)/t13-,14-,18+/m1/s1. The molecule has 1 fully saturated rings. The van der Waals surface area contributed by atoms with Crippen LogP contribution in [-0.4, -0.2) is 64.7 Å². The number of nitrogens with one attached hydrogen (secondary N) is 1. The molecule has 0 aromatic heterocycles.